The normalized spacial score (nSPS) is 10.0. The number of carbonyl (C=O) groups excluding carboxylic acids is 2. The monoisotopic (exact) mass is 351 g/mol. The Morgan fingerprint density at radius 1 is 1.14 bits per heavy atom. The first-order valence-corrected chi connectivity index (χ1v) is 6.75. The van der Waals surface area contributed by atoms with Crippen molar-refractivity contribution in [3.8, 4) is 0 Å². The zero-order valence-electron chi connectivity index (χ0n) is 11.0. The Kier molecular flexibility index (Phi) is 4.70. The van der Waals surface area contributed by atoms with Crippen molar-refractivity contribution in [3.63, 3.8) is 0 Å². The summed E-state index contributed by atoms with van der Waals surface area (Å²) in [5.74, 6) is -1.71. The highest BCUT2D eigenvalue weighted by Gasteiger charge is 2.15. The van der Waals surface area contributed by atoms with Gasteiger partial charge in [-0.1, -0.05) is 15.9 Å². The van der Waals surface area contributed by atoms with Crippen LogP contribution in [0.5, 0.6) is 0 Å². The first-order valence-electron chi connectivity index (χ1n) is 5.96. The van der Waals surface area contributed by atoms with Crippen LogP contribution in [0.3, 0.4) is 0 Å². The second-order valence-corrected chi connectivity index (χ2v) is 5.06. The molecule has 21 heavy (non-hydrogen) atoms. The Bertz CT molecular complexity index is 686. The van der Waals surface area contributed by atoms with Gasteiger partial charge in [-0.25, -0.2) is 9.18 Å². The number of benzene rings is 2. The van der Waals surface area contributed by atoms with Crippen molar-refractivity contribution in [2.24, 2.45) is 0 Å². The second-order valence-electron chi connectivity index (χ2n) is 4.14. The van der Waals surface area contributed by atoms with Gasteiger partial charge in [-0.05, 0) is 42.5 Å². The maximum atomic E-state index is 13.2. The van der Waals surface area contributed by atoms with Crippen LogP contribution in [-0.2, 0) is 4.74 Å². The van der Waals surface area contributed by atoms with Crippen molar-refractivity contribution in [2.75, 3.05) is 12.4 Å². The molecule has 0 bridgehead atoms. The molecule has 0 aliphatic heterocycles. The minimum atomic E-state index is -0.722. The summed E-state index contributed by atoms with van der Waals surface area (Å²) in [7, 11) is 1.19. The van der Waals surface area contributed by atoms with Crippen LogP contribution in [0.25, 0.3) is 0 Å². The lowest BCUT2D eigenvalue weighted by atomic mass is 10.1. The fraction of sp³-hybridized carbons (Fsp3) is 0.0667. The van der Waals surface area contributed by atoms with Crippen LogP contribution in [0.15, 0.2) is 46.9 Å². The van der Waals surface area contributed by atoms with Gasteiger partial charge in [0.1, 0.15) is 5.82 Å². The summed E-state index contributed by atoms with van der Waals surface area (Å²) < 4.78 is 18.6. The van der Waals surface area contributed by atoms with Crippen molar-refractivity contribution < 1.29 is 18.7 Å². The third kappa shape index (κ3) is 3.66. The molecule has 0 aromatic heterocycles. The molecule has 108 valence electrons. The lowest BCUT2D eigenvalue weighted by Crippen LogP contribution is -2.15. The van der Waals surface area contributed by atoms with Crippen LogP contribution >= 0.6 is 15.9 Å². The summed E-state index contributed by atoms with van der Waals surface area (Å²) >= 11 is 3.27. The largest absolute Gasteiger partial charge is 0.465 e. The fourth-order valence-electron chi connectivity index (χ4n) is 1.70. The molecule has 0 atom stereocenters. The minimum Gasteiger partial charge on any atom is -0.465 e. The minimum absolute atomic E-state index is 0.0389. The van der Waals surface area contributed by atoms with Crippen molar-refractivity contribution in [2.45, 2.75) is 0 Å². The fourth-order valence-corrected chi connectivity index (χ4v) is 1.96. The highest BCUT2D eigenvalue weighted by Crippen LogP contribution is 2.19. The standard InChI is InChI=1S/C15H11BrFNO3/c1-21-15(20)12-8-11(17)6-7-13(12)18-14(19)9-2-4-10(16)5-3-9/h2-8H,1H3,(H,18,19). The molecule has 0 unspecified atom stereocenters. The zero-order valence-corrected chi connectivity index (χ0v) is 12.6. The van der Waals surface area contributed by atoms with Crippen LogP contribution < -0.4 is 5.32 Å². The lowest BCUT2D eigenvalue weighted by molar-refractivity contribution is 0.0601. The van der Waals surface area contributed by atoms with E-state index in [0.717, 1.165) is 16.6 Å². The molecule has 0 radical (unpaired) electrons. The number of nitrogens with one attached hydrogen (secondary N) is 1. The van der Waals surface area contributed by atoms with Gasteiger partial charge < -0.3 is 10.1 Å². The molecule has 0 fully saturated rings. The summed E-state index contributed by atoms with van der Waals surface area (Å²) in [4.78, 5) is 23.7. The molecule has 6 heteroatoms. The number of anilines is 1. The van der Waals surface area contributed by atoms with Crippen LogP contribution in [0, 0.1) is 5.82 Å². The number of hydrogen-bond donors (Lipinski definition) is 1. The predicted molar refractivity (Wildman–Crippen MR) is 79.8 cm³/mol. The van der Waals surface area contributed by atoms with Crippen LogP contribution in [0.2, 0.25) is 0 Å². The summed E-state index contributed by atoms with van der Waals surface area (Å²) in [6, 6.07) is 10.2. The van der Waals surface area contributed by atoms with E-state index in [2.05, 4.69) is 26.0 Å². The number of amides is 1. The van der Waals surface area contributed by atoms with E-state index in [-0.39, 0.29) is 11.3 Å². The van der Waals surface area contributed by atoms with Crippen molar-refractivity contribution in [1.82, 2.24) is 0 Å². The van der Waals surface area contributed by atoms with Crippen molar-refractivity contribution >= 4 is 33.5 Å². The van der Waals surface area contributed by atoms with Gasteiger partial charge in [0.15, 0.2) is 0 Å². The number of methoxy groups -OCH3 is 1. The summed E-state index contributed by atoms with van der Waals surface area (Å²) in [6.07, 6.45) is 0. The Labute approximate surface area is 129 Å². The molecule has 0 heterocycles. The molecule has 0 aliphatic carbocycles. The van der Waals surface area contributed by atoms with Crippen molar-refractivity contribution in [1.29, 1.82) is 0 Å². The number of carbonyl (C=O) groups is 2. The van der Waals surface area contributed by atoms with E-state index in [0.29, 0.717) is 5.56 Å². The summed E-state index contributed by atoms with van der Waals surface area (Å²) in [5, 5.41) is 2.57. The molecule has 2 aromatic rings. The first-order chi connectivity index (χ1) is 10.0. The number of hydrogen-bond acceptors (Lipinski definition) is 3. The average molecular weight is 352 g/mol. The van der Waals surface area contributed by atoms with E-state index in [4.69, 9.17) is 0 Å². The average Bonchev–Trinajstić information content (AvgIpc) is 2.48. The molecule has 2 rings (SSSR count). The SMILES string of the molecule is COC(=O)c1cc(F)ccc1NC(=O)c1ccc(Br)cc1. The third-order valence-electron chi connectivity index (χ3n) is 2.74. The van der Waals surface area contributed by atoms with E-state index < -0.39 is 17.7 Å². The molecule has 0 saturated carbocycles. The molecule has 0 spiro atoms. The molecular weight excluding hydrogens is 341 g/mol. The number of ether oxygens (including phenoxy) is 1. The molecule has 1 amide bonds. The zero-order chi connectivity index (χ0) is 15.4. The van der Waals surface area contributed by atoms with E-state index in [1.807, 2.05) is 0 Å². The predicted octanol–water partition coefficient (Wildman–Crippen LogP) is 3.63. The molecular formula is C15H11BrFNO3. The number of halogens is 2. The van der Waals surface area contributed by atoms with E-state index in [9.17, 15) is 14.0 Å². The van der Waals surface area contributed by atoms with Gasteiger partial charge in [-0.2, -0.15) is 0 Å². The first kappa shape index (κ1) is 15.2. The van der Waals surface area contributed by atoms with Crippen LogP contribution in [-0.4, -0.2) is 19.0 Å². The lowest BCUT2D eigenvalue weighted by Gasteiger charge is -2.10. The van der Waals surface area contributed by atoms with Gasteiger partial charge in [-0.15, -0.1) is 0 Å². The van der Waals surface area contributed by atoms with E-state index in [1.54, 1.807) is 24.3 Å². The molecule has 2 aromatic carbocycles. The molecule has 4 nitrogen and oxygen atoms in total. The second kappa shape index (κ2) is 6.49. The molecule has 0 aliphatic rings. The number of esters is 1. The van der Waals surface area contributed by atoms with Crippen LogP contribution in [0.1, 0.15) is 20.7 Å². The van der Waals surface area contributed by atoms with Crippen LogP contribution in [0.4, 0.5) is 10.1 Å². The smallest absolute Gasteiger partial charge is 0.340 e. The quantitative estimate of drug-likeness (QED) is 0.859. The number of rotatable bonds is 3. The van der Waals surface area contributed by atoms with E-state index >= 15 is 0 Å². The Morgan fingerprint density at radius 3 is 2.43 bits per heavy atom. The Balaban J connectivity index is 2.28. The Morgan fingerprint density at radius 2 is 1.81 bits per heavy atom. The highest BCUT2D eigenvalue weighted by molar-refractivity contribution is 9.10. The summed E-state index contributed by atoms with van der Waals surface area (Å²) in [5.41, 5.74) is 0.567. The maximum Gasteiger partial charge on any atom is 0.340 e. The molecule has 0 saturated heterocycles. The highest BCUT2D eigenvalue weighted by atomic mass is 79.9. The van der Waals surface area contributed by atoms with E-state index in [1.165, 1.54) is 13.2 Å². The van der Waals surface area contributed by atoms with Gasteiger partial charge in [0.2, 0.25) is 0 Å². The van der Waals surface area contributed by atoms with Gasteiger partial charge in [-0.3, -0.25) is 4.79 Å². The third-order valence-corrected chi connectivity index (χ3v) is 3.27. The maximum absolute atomic E-state index is 13.2. The topological polar surface area (TPSA) is 55.4 Å². The van der Waals surface area contributed by atoms with Gasteiger partial charge in [0.25, 0.3) is 5.91 Å². The van der Waals surface area contributed by atoms with Gasteiger partial charge in [0, 0.05) is 10.0 Å². The van der Waals surface area contributed by atoms with Gasteiger partial charge >= 0.3 is 5.97 Å². The Hall–Kier alpha value is -2.21. The van der Waals surface area contributed by atoms with Gasteiger partial charge in [0.05, 0.1) is 18.4 Å². The summed E-state index contributed by atoms with van der Waals surface area (Å²) in [6.45, 7) is 0. The van der Waals surface area contributed by atoms with Crippen molar-refractivity contribution in [3.05, 3.63) is 63.9 Å². The molecule has 1 N–H and O–H groups in total.